The molecule has 0 spiro atoms. The summed E-state index contributed by atoms with van der Waals surface area (Å²) >= 11 is 0. The zero-order valence-electron chi connectivity index (χ0n) is 12.3. The second-order valence-corrected chi connectivity index (χ2v) is 5.70. The fraction of sp³-hybridized carbons (Fsp3) is 0.500. The van der Waals surface area contributed by atoms with Gasteiger partial charge in [-0.3, -0.25) is 4.79 Å². The van der Waals surface area contributed by atoms with Crippen LogP contribution < -0.4 is 10.6 Å². The Hall–Kier alpha value is -1.88. The van der Waals surface area contributed by atoms with Crippen LogP contribution in [0.5, 0.6) is 0 Å². The van der Waals surface area contributed by atoms with Crippen LogP contribution in [0.15, 0.2) is 24.3 Å². The molecule has 1 aliphatic carbocycles. The van der Waals surface area contributed by atoms with Crippen molar-refractivity contribution in [1.82, 2.24) is 5.32 Å². The zero-order chi connectivity index (χ0) is 15.3. The summed E-state index contributed by atoms with van der Waals surface area (Å²) in [5.41, 5.74) is 0.752. The van der Waals surface area contributed by atoms with E-state index in [-0.39, 0.29) is 17.0 Å². The summed E-state index contributed by atoms with van der Waals surface area (Å²) in [6, 6.07) is 6.22. The molecule has 1 amide bonds. The van der Waals surface area contributed by atoms with Gasteiger partial charge in [-0.15, -0.1) is 0 Å². The van der Waals surface area contributed by atoms with Crippen molar-refractivity contribution in [2.45, 2.75) is 44.1 Å². The minimum absolute atomic E-state index is 0.0330. The molecule has 1 aromatic carbocycles. The molecule has 1 aromatic rings. The lowest BCUT2D eigenvalue weighted by Gasteiger charge is -2.36. The molecule has 1 saturated carbocycles. The molecule has 0 aliphatic heterocycles. The van der Waals surface area contributed by atoms with Gasteiger partial charge in [0, 0.05) is 17.6 Å². The molecule has 0 atom stereocenters. The largest absolute Gasteiger partial charge is 0.478 e. The van der Waals surface area contributed by atoms with Crippen LogP contribution in [-0.4, -0.2) is 29.6 Å². The first-order valence-electron chi connectivity index (χ1n) is 7.37. The van der Waals surface area contributed by atoms with Gasteiger partial charge in [0.2, 0.25) is 5.91 Å². The van der Waals surface area contributed by atoms with Crippen molar-refractivity contribution >= 4 is 17.6 Å². The van der Waals surface area contributed by atoms with Crippen molar-refractivity contribution in [2.24, 2.45) is 0 Å². The number of amides is 1. The predicted octanol–water partition coefficient (Wildman–Crippen LogP) is 2.64. The number of carbonyl (C=O) groups excluding carboxylic acids is 1. The maximum atomic E-state index is 12.2. The van der Waals surface area contributed by atoms with E-state index in [1.54, 1.807) is 12.1 Å². The Morgan fingerprint density at radius 2 is 1.76 bits per heavy atom. The summed E-state index contributed by atoms with van der Waals surface area (Å²) in [5.74, 6) is -1.00. The number of hydrogen-bond donors (Lipinski definition) is 3. The van der Waals surface area contributed by atoms with Gasteiger partial charge < -0.3 is 15.7 Å². The molecule has 0 radical (unpaired) electrons. The molecule has 0 saturated heterocycles. The normalized spacial score (nSPS) is 17.2. The second kappa shape index (κ2) is 6.72. The Morgan fingerprint density at radius 1 is 1.14 bits per heavy atom. The first-order chi connectivity index (χ1) is 10.0. The smallest absolute Gasteiger partial charge is 0.335 e. The maximum Gasteiger partial charge on any atom is 0.335 e. The van der Waals surface area contributed by atoms with Crippen LogP contribution in [0.4, 0.5) is 5.69 Å². The van der Waals surface area contributed by atoms with Crippen molar-refractivity contribution in [1.29, 1.82) is 0 Å². The van der Waals surface area contributed by atoms with Crippen molar-refractivity contribution < 1.29 is 14.7 Å². The number of carbonyl (C=O) groups is 2. The van der Waals surface area contributed by atoms with Gasteiger partial charge in [0.1, 0.15) is 0 Å². The van der Waals surface area contributed by atoms with Gasteiger partial charge in [-0.1, -0.05) is 19.3 Å². The first-order valence-corrected chi connectivity index (χ1v) is 7.37. The van der Waals surface area contributed by atoms with E-state index in [0.717, 1.165) is 25.7 Å². The molecule has 0 aromatic heterocycles. The van der Waals surface area contributed by atoms with Crippen molar-refractivity contribution in [3.63, 3.8) is 0 Å². The maximum absolute atomic E-state index is 12.2. The van der Waals surface area contributed by atoms with E-state index in [2.05, 4.69) is 10.6 Å². The third-order valence-electron chi connectivity index (χ3n) is 4.26. The van der Waals surface area contributed by atoms with E-state index in [4.69, 9.17) is 5.11 Å². The van der Waals surface area contributed by atoms with E-state index >= 15 is 0 Å². The summed E-state index contributed by atoms with van der Waals surface area (Å²) in [4.78, 5) is 23.0. The number of carboxylic acid groups (broad SMARTS) is 1. The van der Waals surface area contributed by atoms with E-state index in [9.17, 15) is 9.59 Å². The monoisotopic (exact) mass is 290 g/mol. The van der Waals surface area contributed by atoms with Gasteiger partial charge in [0.05, 0.1) is 5.56 Å². The number of anilines is 1. The van der Waals surface area contributed by atoms with Crippen LogP contribution in [0.3, 0.4) is 0 Å². The average molecular weight is 290 g/mol. The molecular formula is C16H22N2O3. The van der Waals surface area contributed by atoms with E-state index in [0.29, 0.717) is 12.1 Å². The van der Waals surface area contributed by atoms with Crippen LogP contribution in [0.25, 0.3) is 0 Å². The molecule has 3 N–H and O–H groups in total. The van der Waals surface area contributed by atoms with Crippen LogP contribution in [0.2, 0.25) is 0 Å². The fourth-order valence-electron chi connectivity index (χ4n) is 2.95. The summed E-state index contributed by atoms with van der Waals surface area (Å²) < 4.78 is 0. The summed E-state index contributed by atoms with van der Waals surface area (Å²) in [6.07, 6.45) is 6.04. The number of aromatic carboxylic acids is 1. The second-order valence-electron chi connectivity index (χ2n) is 5.70. The molecule has 0 heterocycles. The quantitative estimate of drug-likeness (QED) is 0.779. The number of nitrogens with one attached hydrogen (secondary N) is 2. The Labute approximate surface area is 124 Å². The third-order valence-corrected chi connectivity index (χ3v) is 4.26. The van der Waals surface area contributed by atoms with Crippen LogP contribution in [0, 0.1) is 0 Å². The van der Waals surface area contributed by atoms with Crippen molar-refractivity contribution in [2.75, 3.05) is 12.4 Å². The molecule has 0 bridgehead atoms. The van der Waals surface area contributed by atoms with Crippen LogP contribution in [0.1, 0.15) is 48.9 Å². The molecule has 21 heavy (non-hydrogen) atoms. The molecule has 5 heteroatoms. The molecule has 0 unspecified atom stereocenters. The minimum Gasteiger partial charge on any atom is -0.478 e. The molecular weight excluding hydrogens is 268 g/mol. The number of hydrogen-bond acceptors (Lipinski definition) is 3. The van der Waals surface area contributed by atoms with Crippen molar-refractivity contribution in [3.05, 3.63) is 29.8 Å². The number of carboxylic acids is 1. The van der Waals surface area contributed by atoms with E-state index < -0.39 is 5.97 Å². The zero-order valence-corrected chi connectivity index (χ0v) is 12.3. The first kappa shape index (κ1) is 15.5. The highest BCUT2D eigenvalue weighted by molar-refractivity contribution is 5.93. The van der Waals surface area contributed by atoms with Crippen LogP contribution >= 0.6 is 0 Å². The van der Waals surface area contributed by atoms with Gasteiger partial charge in [-0.25, -0.2) is 4.79 Å². The lowest BCUT2D eigenvalue weighted by Crippen LogP contribution is -2.47. The topological polar surface area (TPSA) is 78.4 Å². The van der Waals surface area contributed by atoms with Gasteiger partial charge in [-0.2, -0.15) is 0 Å². The highest BCUT2D eigenvalue weighted by Crippen LogP contribution is 2.31. The van der Waals surface area contributed by atoms with Crippen molar-refractivity contribution in [3.8, 4) is 0 Å². The highest BCUT2D eigenvalue weighted by Gasteiger charge is 2.32. The van der Waals surface area contributed by atoms with Gasteiger partial charge in [-0.05, 0) is 44.2 Å². The summed E-state index contributed by atoms with van der Waals surface area (Å²) in [7, 11) is 1.92. The SMILES string of the molecule is CNC1(CC(=O)Nc2ccc(C(=O)O)cc2)CCCCC1. The summed E-state index contributed by atoms with van der Waals surface area (Å²) in [5, 5.41) is 15.0. The van der Waals surface area contributed by atoms with E-state index in [1.807, 2.05) is 7.05 Å². The molecule has 2 rings (SSSR count). The number of benzene rings is 1. The summed E-state index contributed by atoms with van der Waals surface area (Å²) in [6.45, 7) is 0. The van der Waals surface area contributed by atoms with E-state index in [1.165, 1.54) is 18.6 Å². The van der Waals surface area contributed by atoms with Gasteiger partial charge in [0.25, 0.3) is 0 Å². The fourth-order valence-corrected chi connectivity index (χ4v) is 2.95. The lowest BCUT2D eigenvalue weighted by molar-refractivity contribution is -0.117. The third kappa shape index (κ3) is 4.04. The number of rotatable bonds is 5. The predicted molar refractivity (Wildman–Crippen MR) is 81.5 cm³/mol. The van der Waals surface area contributed by atoms with Crippen LogP contribution in [-0.2, 0) is 4.79 Å². The Balaban J connectivity index is 1.95. The molecule has 114 valence electrons. The Kier molecular flexibility index (Phi) is 4.96. The Morgan fingerprint density at radius 3 is 2.29 bits per heavy atom. The molecule has 1 fully saturated rings. The standard InChI is InChI=1S/C16H22N2O3/c1-17-16(9-3-2-4-10-16)11-14(19)18-13-7-5-12(6-8-13)15(20)21/h5-8,17H,2-4,9-11H2,1H3,(H,18,19)(H,20,21). The van der Waals surface area contributed by atoms with Gasteiger partial charge >= 0.3 is 5.97 Å². The molecule has 1 aliphatic rings. The minimum atomic E-state index is -0.968. The average Bonchev–Trinajstić information content (AvgIpc) is 2.48. The lowest BCUT2D eigenvalue weighted by atomic mass is 9.79. The highest BCUT2D eigenvalue weighted by atomic mass is 16.4. The Bertz CT molecular complexity index is 505. The molecule has 5 nitrogen and oxygen atoms in total. The van der Waals surface area contributed by atoms with Gasteiger partial charge in [0.15, 0.2) is 0 Å².